The molecule has 5 aliphatic rings. The van der Waals surface area contributed by atoms with Crippen LogP contribution in [0.25, 0.3) is 0 Å². The molecule has 0 bridgehead atoms. The molecule has 5 heterocycles. The Morgan fingerprint density at radius 3 is 1.45 bits per heavy atom. The molecule has 2 saturated heterocycles. The fourth-order valence-corrected chi connectivity index (χ4v) is 12.5. The summed E-state index contributed by atoms with van der Waals surface area (Å²) in [5, 5.41) is 44.0. The minimum absolute atomic E-state index is 0.00884. The number of methoxy groups -OCH3 is 2. The number of imide groups is 1. The number of unbranched alkanes of at least 4 members (excludes halogenated alkanes) is 2. The van der Waals surface area contributed by atoms with Crippen LogP contribution in [0, 0.1) is 5.92 Å². The zero-order valence-corrected chi connectivity index (χ0v) is 62.4. The Morgan fingerprint density at radius 1 is 0.523 bits per heavy atom. The van der Waals surface area contributed by atoms with Crippen molar-refractivity contribution in [3.63, 3.8) is 0 Å². The number of hydrogen-bond donors (Lipinski definition) is 7. The molecule has 7 N–H and O–H groups in total. The summed E-state index contributed by atoms with van der Waals surface area (Å²) in [4.78, 5) is 135. The second-order valence-electron chi connectivity index (χ2n) is 26.2. The van der Waals surface area contributed by atoms with Crippen molar-refractivity contribution < 1.29 is 125 Å². The van der Waals surface area contributed by atoms with Crippen LogP contribution in [0.3, 0.4) is 0 Å². The summed E-state index contributed by atoms with van der Waals surface area (Å²) in [6.45, 7) is 11.5. The van der Waals surface area contributed by atoms with Crippen molar-refractivity contribution >= 4 is 76.5 Å². The topological polar surface area (TPSA) is 416 Å². The van der Waals surface area contributed by atoms with Gasteiger partial charge in [-0.2, -0.15) is 0 Å². The van der Waals surface area contributed by atoms with E-state index in [0.29, 0.717) is 162 Å². The first-order chi connectivity index (χ1) is 52.7. The number of hydrogen-bond acceptors (Lipinski definition) is 25. The van der Waals surface area contributed by atoms with E-state index in [-0.39, 0.29) is 116 Å². The molecule has 3 aromatic rings. The monoisotopic (exact) mass is 1530 g/mol. The second kappa shape index (κ2) is 44.4. The highest BCUT2D eigenvalue weighted by Gasteiger charge is 2.47. The number of carbonyl (C=O) groups excluding carboxylic acids is 9. The molecular weight excluding hydrogens is 1430 g/mol. The lowest BCUT2D eigenvalue weighted by atomic mass is 10.0. The lowest BCUT2D eigenvalue weighted by Crippen LogP contribution is -2.53. The van der Waals surface area contributed by atoms with Crippen molar-refractivity contribution in [1.82, 2.24) is 30.7 Å². The molecular formula is C74H103N9O26. The van der Waals surface area contributed by atoms with Crippen LogP contribution >= 0.6 is 0 Å². The molecule has 0 spiro atoms. The normalized spacial score (nSPS) is 17.8. The summed E-state index contributed by atoms with van der Waals surface area (Å²) in [6.07, 6.45) is 0.704. The Balaban J connectivity index is 0.654. The standard InChI is InChI=1S/C74H103N9O26/c1-48(2)66(78-63(85)20-27-99-29-31-101-33-35-103-37-39-105-41-42-106-40-38-104-36-34-102-32-30-100-28-21-75-62(84)19-24-81-64(86)17-18-65(81)87)68(89)76-49(3)67(88)77-51-15-13-50(14-16-51)47-109-74(96)83-57-46-61(59(98-5)44-53(57)70(91)80-23-10-12-55(80)72(83)93)108-26-8-6-7-25-107-60-45-56-52(43-58(60)97-4)69(90)79-22-9-11-54(79)71(92)82(56)73(94)95/h13-18,43-46,48-49,54-55,66,71-72,92-93H,6-12,19-42,47H2,1-5H3,(H,75,84)(H,76,89)(H,77,88)(H,78,85)(H,94,95)/t49-,54-,55-,66-,71-,72-/m0/s1. The summed E-state index contributed by atoms with van der Waals surface area (Å²) in [5.41, 5.74) is 1.08. The number of carbonyl (C=O) groups is 10. The molecule has 2 fully saturated rings. The van der Waals surface area contributed by atoms with E-state index in [4.69, 9.17) is 61.6 Å². The summed E-state index contributed by atoms with van der Waals surface area (Å²) in [6, 6.07) is 8.78. The average molecular weight is 1530 g/mol. The van der Waals surface area contributed by atoms with E-state index in [9.17, 15) is 63.3 Å². The third-order valence-corrected chi connectivity index (χ3v) is 18.3. The van der Waals surface area contributed by atoms with Crippen molar-refractivity contribution in [2.45, 2.75) is 122 Å². The number of anilines is 3. The zero-order chi connectivity index (χ0) is 78.2. The van der Waals surface area contributed by atoms with Gasteiger partial charge in [-0.15, -0.1) is 0 Å². The van der Waals surface area contributed by atoms with Crippen LogP contribution in [0.1, 0.15) is 105 Å². The van der Waals surface area contributed by atoms with E-state index in [2.05, 4.69) is 21.3 Å². The minimum Gasteiger partial charge on any atom is -0.493 e. The Morgan fingerprint density at radius 2 is 0.982 bits per heavy atom. The molecule has 35 nitrogen and oxygen atoms in total. The third-order valence-electron chi connectivity index (χ3n) is 18.3. The Labute approximate surface area is 632 Å². The molecule has 0 saturated carbocycles. The number of rotatable bonds is 48. The van der Waals surface area contributed by atoms with Crippen molar-refractivity contribution in [3.8, 4) is 23.0 Å². The van der Waals surface area contributed by atoms with Gasteiger partial charge in [-0.25, -0.2) is 19.4 Å². The average Bonchev–Trinajstić information content (AvgIpc) is 1.63. The Kier molecular flexibility index (Phi) is 34.7. The van der Waals surface area contributed by atoms with Gasteiger partial charge in [0.2, 0.25) is 23.6 Å². The van der Waals surface area contributed by atoms with E-state index in [1.807, 2.05) is 0 Å². The molecule has 10 amide bonds. The first-order valence-corrected chi connectivity index (χ1v) is 36.8. The van der Waals surface area contributed by atoms with Crippen molar-refractivity contribution in [3.05, 3.63) is 77.4 Å². The van der Waals surface area contributed by atoms with E-state index in [1.165, 1.54) is 67.4 Å². The van der Waals surface area contributed by atoms with Gasteiger partial charge in [0.15, 0.2) is 35.5 Å². The Hall–Kier alpha value is -9.30. The van der Waals surface area contributed by atoms with E-state index >= 15 is 0 Å². The SMILES string of the molecule is COc1cc2c(cc1OCCCCCOc1cc3c(cc1OC)C(=O)N1CCC[C@H]1[C@H](O)N3C(=O)OCc1ccc(NC(=O)[C@H](C)NC(=O)[C@@H](NC(=O)CCOCCOCCOCCOCCOCCOCCOCCOCCNC(=O)CCN3C(=O)C=CC3=O)C(C)C)cc1)N(C(=O)O)[C@@H](O)[C@@H]1CCCN1C2=O. The maximum absolute atomic E-state index is 14.2. The second-order valence-corrected chi connectivity index (χ2v) is 26.2. The smallest absolute Gasteiger partial charge is 0.416 e. The number of aliphatic hydroxyl groups is 2. The van der Waals surface area contributed by atoms with Gasteiger partial charge < -0.3 is 108 Å². The van der Waals surface area contributed by atoms with Gasteiger partial charge in [0, 0.05) is 69.0 Å². The minimum atomic E-state index is -1.50. The van der Waals surface area contributed by atoms with E-state index in [0.717, 1.165) is 14.7 Å². The molecule has 6 atom stereocenters. The zero-order valence-electron chi connectivity index (χ0n) is 62.4. The molecule has 0 unspecified atom stereocenters. The maximum Gasteiger partial charge on any atom is 0.416 e. The fraction of sp³-hybridized carbons (Fsp3) is 0.595. The first kappa shape index (κ1) is 85.3. The lowest BCUT2D eigenvalue weighted by Gasteiger charge is -2.31. The van der Waals surface area contributed by atoms with Crippen LogP contribution in [-0.2, 0) is 78.0 Å². The van der Waals surface area contributed by atoms with Gasteiger partial charge in [0.05, 0.1) is 168 Å². The highest BCUT2D eigenvalue weighted by Crippen LogP contribution is 2.43. The number of ether oxygens (including phenoxy) is 13. The fourth-order valence-electron chi connectivity index (χ4n) is 12.5. The largest absolute Gasteiger partial charge is 0.493 e. The molecule has 3 aromatic carbocycles. The van der Waals surface area contributed by atoms with Crippen LogP contribution in [0.15, 0.2) is 60.7 Å². The van der Waals surface area contributed by atoms with Gasteiger partial charge in [-0.1, -0.05) is 26.0 Å². The lowest BCUT2D eigenvalue weighted by molar-refractivity contribution is -0.137. The predicted molar refractivity (Wildman–Crippen MR) is 388 cm³/mol. The number of amides is 10. The number of fused-ring (bicyclic) bond motifs is 4. The maximum atomic E-state index is 14.2. The molecule has 35 heteroatoms. The first-order valence-electron chi connectivity index (χ1n) is 36.8. The van der Waals surface area contributed by atoms with Gasteiger partial charge in [-0.3, -0.25) is 43.3 Å². The summed E-state index contributed by atoms with van der Waals surface area (Å²) >= 11 is 0. The number of aliphatic hydroxyl groups excluding tert-OH is 2. The summed E-state index contributed by atoms with van der Waals surface area (Å²) in [5.74, 6) is -2.98. The predicted octanol–water partition coefficient (Wildman–Crippen LogP) is 3.37. The molecule has 0 radical (unpaired) electrons. The van der Waals surface area contributed by atoms with E-state index < -0.39 is 90.2 Å². The van der Waals surface area contributed by atoms with Gasteiger partial charge in [-0.05, 0) is 87.6 Å². The van der Waals surface area contributed by atoms with Gasteiger partial charge >= 0.3 is 12.2 Å². The summed E-state index contributed by atoms with van der Waals surface area (Å²) in [7, 11) is 2.82. The van der Waals surface area contributed by atoms with E-state index in [1.54, 1.807) is 38.1 Å². The number of benzene rings is 3. The third kappa shape index (κ3) is 25.1. The van der Waals surface area contributed by atoms with Crippen LogP contribution in [0.5, 0.6) is 23.0 Å². The van der Waals surface area contributed by atoms with Crippen molar-refractivity contribution in [2.24, 2.45) is 5.92 Å². The van der Waals surface area contributed by atoms with Gasteiger partial charge in [0.25, 0.3) is 23.6 Å². The molecule has 5 aliphatic heterocycles. The Bertz CT molecular complexity index is 3550. The highest BCUT2D eigenvalue weighted by molar-refractivity contribution is 6.13. The van der Waals surface area contributed by atoms with Crippen LogP contribution < -0.4 is 50.0 Å². The van der Waals surface area contributed by atoms with Crippen LogP contribution in [-0.4, -0.2) is 285 Å². The molecule has 8 rings (SSSR count). The highest BCUT2D eigenvalue weighted by atomic mass is 16.6. The van der Waals surface area contributed by atoms with Crippen LogP contribution in [0.4, 0.5) is 26.7 Å². The number of carboxylic acid groups (broad SMARTS) is 1. The number of nitrogens with one attached hydrogen (secondary N) is 4. The molecule has 600 valence electrons. The quantitative estimate of drug-likeness (QED) is 0.0315. The molecule has 0 aromatic heterocycles. The molecule has 0 aliphatic carbocycles. The van der Waals surface area contributed by atoms with Crippen molar-refractivity contribution in [2.75, 3.05) is 174 Å². The van der Waals surface area contributed by atoms with Crippen molar-refractivity contribution in [1.29, 1.82) is 0 Å². The number of nitrogens with zero attached hydrogens (tertiary/aromatic N) is 5. The van der Waals surface area contributed by atoms with Crippen LogP contribution in [0.2, 0.25) is 0 Å². The summed E-state index contributed by atoms with van der Waals surface area (Å²) < 4.78 is 73.3. The van der Waals surface area contributed by atoms with Gasteiger partial charge in [0.1, 0.15) is 18.7 Å². The molecule has 109 heavy (non-hydrogen) atoms.